The highest BCUT2D eigenvalue weighted by Gasteiger charge is 2.07. The van der Waals surface area contributed by atoms with Gasteiger partial charge >= 0.3 is 0 Å². The Morgan fingerprint density at radius 1 is 1.33 bits per heavy atom. The zero-order valence-electron chi connectivity index (χ0n) is 12.3. The van der Waals surface area contributed by atoms with Crippen molar-refractivity contribution in [1.82, 2.24) is 10.2 Å². The van der Waals surface area contributed by atoms with Gasteiger partial charge in [0.05, 0.1) is 0 Å². The molecule has 0 amide bonds. The normalized spacial score (nSPS) is 10.4. The van der Waals surface area contributed by atoms with Gasteiger partial charge in [0.15, 0.2) is 0 Å². The van der Waals surface area contributed by atoms with Crippen molar-refractivity contribution in [3.05, 3.63) is 34.8 Å². The second kappa shape index (κ2) is 7.65. The number of nitrogens with one attached hydrogen (secondary N) is 1. The third-order valence-electron chi connectivity index (χ3n) is 2.76. The molecule has 0 fully saturated rings. The van der Waals surface area contributed by atoms with Crippen molar-refractivity contribution in [2.24, 2.45) is 5.92 Å². The Labute approximate surface area is 129 Å². The van der Waals surface area contributed by atoms with Gasteiger partial charge in [-0.25, -0.2) is 0 Å². The topological polar surface area (TPSA) is 47.0 Å². The number of rotatable bonds is 7. The van der Waals surface area contributed by atoms with E-state index in [4.69, 9.17) is 11.2 Å². The van der Waals surface area contributed by atoms with Crippen molar-refractivity contribution in [2.45, 2.75) is 26.8 Å². The van der Waals surface area contributed by atoms with E-state index >= 15 is 0 Å². The van der Waals surface area contributed by atoms with Crippen LogP contribution in [0.1, 0.15) is 24.4 Å². The van der Waals surface area contributed by atoms with Crippen LogP contribution >= 0.6 is 11.3 Å². The Kier molecular flexibility index (Phi) is 5.59. The molecule has 21 heavy (non-hydrogen) atoms. The SMILES string of the molecule is C#CCOc1ccccc1CNc1nnc(CC(C)C)s1. The molecule has 4 nitrogen and oxygen atoms in total. The number of terminal acetylenes is 1. The Bertz CT molecular complexity index is 616. The highest BCUT2D eigenvalue weighted by Crippen LogP contribution is 2.22. The van der Waals surface area contributed by atoms with Crippen molar-refractivity contribution in [2.75, 3.05) is 11.9 Å². The van der Waals surface area contributed by atoms with Crippen LogP contribution in [0.25, 0.3) is 0 Å². The molecule has 0 saturated heterocycles. The number of aromatic nitrogens is 2. The summed E-state index contributed by atoms with van der Waals surface area (Å²) in [5, 5.41) is 13.5. The average Bonchev–Trinajstić information content (AvgIpc) is 2.90. The molecule has 5 heteroatoms. The summed E-state index contributed by atoms with van der Waals surface area (Å²) in [5.74, 6) is 3.86. The Morgan fingerprint density at radius 2 is 2.14 bits per heavy atom. The van der Waals surface area contributed by atoms with Crippen LogP contribution in [-0.2, 0) is 13.0 Å². The van der Waals surface area contributed by atoms with Gasteiger partial charge in [0.25, 0.3) is 0 Å². The molecule has 1 aromatic carbocycles. The summed E-state index contributed by atoms with van der Waals surface area (Å²) in [7, 11) is 0. The molecule has 2 rings (SSSR count). The molecular weight excluding hydrogens is 282 g/mol. The number of nitrogens with zero attached hydrogens (tertiary/aromatic N) is 2. The van der Waals surface area contributed by atoms with Crippen molar-refractivity contribution >= 4 is 16.5 Å². The van der Waals surface area contributed by atoms with Crippen molar-refractivity contribution < 1.29 is 4.74 Å². The van der Waals surface area contributed by atoms with Crippen molar-refractivity contribution in [1.29, 1.82) is 0 Å². The Hall–Kier alpha value is -2.06. The lowest BCUT2D eigenvalue weighted by molar-refractivity contribution is 0.366. The van der Waals surface area contributed by atoms with Gasteiger partial charge in [-0.1, -0.05) is 49.3 Å². The summed E-state index contributed by atoms with van der Waals surface area (Å²) >= 11 is 1.60. The molecule has 0 saturated carbocycles. The first kappa shape index (κ1) is 15.3. The third kappa shape index (κ3) is 4.76. The van der Waals surface area contributed by atoms with Crippen molar-refractivity contribution in [3.63, 3.8) is 0 Å². The number of hydrogen-bond acceptors (Lipinski definition) is 5. The number of anilines is 1. The quantitative estimate of drug-likeness (QED) is 0.797. The molecule has 0 aliphatic rings. The van der Waals surface area contributed by atoms with E-state index in [2.05, 4.69) is 35.3 Å². The molecule has 0 aliphatic carbocycles. The zero-order chi connectivity index (χ0) is 15.1. The molecule has 1 aromatic heterocycles. The second-order valence-corrected chi connectivity index (χ2v) is 6.12. The van der Waals surface area contributed by atoms with Crippen LogP contribution in [0, 0.1) is 18.3 Å². The van der Waals surface area contributed by atoms with Gasteiger partial charge in [-0.3, -0.25) is 0 Å². The minimum atomic E-state index is 0.272. The minimum absolute atomic E-state index is 0.272. The fourth-order valence-electron chi connectivity index (χ4n) is 1.84. The smallest absolute Gasteiger partial charge is 0.205 e. The largest absolute Gasteiger partial charge is 0.481 e. The van der Waals surface area contributed by atoms with E-state index in [-0.39, 0.29) is 6.61 Å². The van der Waals surface area contributed by atoms with E-state index in [0.29, 0.717) is 12.5 Å². The van der Waals surface area contributed by atoms with Gasteiger partial charge in [0, 0.05) is 18.5 Å². The number of hydrogen-bond donors (Lipinski definition) is 1. The average molecular weight is 301 g/mol. The summed E-state index contributed by atoms with van der Waals surface area (Å²) in [6.07, 6.45) is 6.19. The van der Waals surface area contributed by atoms with Crippen LogP contribution in [0.3, 0.4) is 0 Å². The van der Waals surface area contributed by atoms with E-state index in [0.717, 1.165) is 27.9 Å². The fourth-order valence-corrected chi connectivity index (χ4v) is 2.79. The molecule has 110 valence electrons. The standard InChI is InChI=1S/C16H19N3OS/c1-4-9-20-14-8-6-5-7-13(14)11-17-16-19-18-15(21-16)10-12(2)3/h1,5-8,12H,9-11H2,2-3H3,(H,17,19). The molecule has 0 bridgehead atoms. The van der Waals surface area contributed by atoms with Crippen LogP contribution in [0.15, 0.2) is 24.3 Å². The second-order valence-electron chi connectivity index (χ2n) is 5.05. The number of para-hydroxylation sites is 1. The van der Waals surface area contributed by atoms with E-state index in [1.54, 1.807) is 11.3 Å². The molecular formula is C16H19N3OS. The minimum Gasteiger partial charge on any atom is -0.481 e. The maximum atomic E-state index is 5.52. The lowest BCUT2D eigenvalue weighted by atomic mass is 10.1. The molecule has 1 heterocycles. The van der Waals surface area contributed by atoms with Gasteiger partial charge in [-0.05, 0) is 12.0 Å². The summed E-state index contributed by atoms with van der Waals surface area (Å²) < 4.78 is 5.52. The van der Waals surface area contributed by atoms with Crippen LogP contribution in [0.4, 0.5) is 5.13 Å². The molecule has 0 unspecified atom stereocenters. The first-order valence-corrected chi connectivity index (χ1v) is 7.71. The summed E-state index contributed by atoms with van der Waals surface area (Å²) in [5.41, 5.74) is 1.05. The Morgan fingerprint density at radius 3 is 2.90 bits per heavy atom. The highest BCUT2D eigenvalue weighted by atomic mass is 32.1. The van der Waals surface area contributed by atoms with Crippen LogP contribution in [0.2, 0.25) is 0 Å². The molecule has 0 radical (unpaired) electrons. The zero-order valence-corrected chi connectivity index (χ0v) is 13.1. The van der Waals surface area contributed by atoms with Crippen LogP contribution in [-0.4, -0.2) is 16.8 Å². The number of ether oxygens (including phenoxy) is 1. The third-order valence-corrected chi connectivity index (χ3v) is 3.67. The van der Waals surface area contributed by atoms with Gasteiger partial charge in [0.2, 0.25) is 5.13 Å². The van der Waals surface area contributed by atoms with Crippen LogP contribution in [0.5, 0.6) is 5.75 Å². The molecule has 0 aliphatic heterocycles. The summed E-state index contributed by atoms with van der Waals surface area (Å²) in [4.78, 5) is 0. The van der Waals surface area contributed by atoms with Gasteiger partial charge < -0.3 is 10.1 Å². The summed E-state index contributed by atoms with van der Waals surface area (Å²) in [6, 6.07) is 7.83. The molecule has 0 atom stereocenters. The lowest BCUT2D eigenvalue weighted by Gasteiger charge is -2.09. The maximum absolute atomic E-state index is 5.52. The molecule has 2 aromatic rings. The van der Waals surface area contributed by atoms with E-state index in [1.165, 1.54) is 0 Å². The van der Waals surface area contributed by atoms with E-state index in [9.17, 15) is 0 Å². The van der Waals surface area contributed by atoms with E-state index in [1.807, 2.05) is 24.3 Å². The lowest BCUT2D eigenvalue weighted by Crippen LogP contribution is -2.03. The van der Waals surface area contributed by atoms with Gasteiger partial charge in [-0.2, -0.15) is 0 Å². The first-order valence-electron chi connectivity index (χ1n) is 6.89. The molecule has 1 N–H and O–H groups in total. The van der Waals surface area contributed by atoms with Crippen molar-refractivity contribution in [3.8, 4) is 18.1 Å². The number of benzene rings is 1. The van der Waals surface area contributed by atoms with Gasteiger partial charge in [0.1, 0.15) is 17.4 Å². The Balaban J connectivity index is 1.96. The van der Waals surface area contributed by atoms with Crippen LogP contribution < -0.4 is 10.1 Å². The summed E-state index contributed by atoms with van der Waals surface area (Å²) in [6.45, 7) is 5.26. The monoisotopic (exact) mass is 301 g/mol. The molecule has 0 spiro atoms. The maximum Gasteiger partial charge on any atom is 0.205 e. The van der Waals surface area contributed by atoms with E-state index < -0.39 is 0 Å². The highest BCUT2D eigenvalue weighted by molar-refractivity contribution is 7.15. The predicted octanol–water partition coefficient (Wildman–Crippen LogP) is 3.36. The fraction of sp³-hybridized carbons (Fsp3) is 0.375. The van der Waals surface area contributed by atoms with Gasteiger partial charge in [-0.15, -0.1) is 16.6 Å². The predicted molar refractivity (Wildman–Crippen MR) is 86.5 cm³/mol. The first-order chi connectivity index (χ1) is 10.2.